The van der Waals surface area contributed by atoms with Crippen molar-refractivity contribution < 1.29 is 9.47 Å². The van der Waals surface area contributed by atoms with E-state index >= 15 is 0 Å². The maximum absolute atomic E-state index is 6.03. The average Bonchev–Trinajstić information content (AvgIpc) is 3.49. The predicted octanol–water partition coefficient (Wildman–Crippen LogP) is 5.55. The van der Waals surface area contributed by atoms with Crippen LogP contribution in [0.2, 0.25) is 0 Å². The zero-order valence-electron chi connectivity index (χ0n) is 23.3. The van der Waals surface area contributed by atoms with E-state index in [1.807, 2.05) is 30.5 Å². The normalized spacial score (nSPS) is 16.5. The summed E-state index contributed by atoms with van der Waals surface area (Å²) in [6, 6.07) is 18.5. The molecule has 2 saturated heterocycles. The molecule has 8 nitrogen and oxygen atoms in total. The van der Waals surface area contributed by atoms with E-state index in [1.54, 1.807) is 24.0 Å². The molecule has 212 valence electrons. The van der Waals surface area contributed by atoms with Crippen LogP contribution in [0.15, 0.2) is 78.8 Å². The zero-order chi connectivity index (χ0) is 27.7. The van der Waals surface area contributed by atoms with E-state index in [9.17, 15) is 0 Å². The van der Waals surface area contributed by atoms with Crippen LogP contribution >= 0.6 is 11.3 Å². The SMILES string of the molecule is c1ccc(-c2csc3ncnc(N4CCC(COCCN5CCOCC5)CC4)c23)cc1.c1ccc2ncncc2c1. The van der Waals surface area contributed by atoms with E-state index < -0.39 is 0 Å². The number of ether oxygens (including phenoxy) is 2. The summed E-state index contributed by atoms with van der Waals surface area (Å²) in [4.78, 5) is 23.2. The summed E-state index contributed by atoms with van der Waals surface area (Å²) in [7, 11) is 0. The van der Waals surface area contributed by atoms with Crippen LogP contribution in [0.1, 0.15) is 12.8 Å². The number of morpholine rings is 1. The number of fused-ring (bicyclic) bond motifs is 2. The number of hydrogen-bond donors (Lipinski definition) is 0. The molecule has 0 unspecified atom stereocenters. The monoisotopic (exact) mass is 568 g/mol. The Balaban J connectivity index is 0.000000253. The van der Waals surface area contributed by atoms with Gasteiger partial charge in [-0.3, -0.25) is 4.90 Å². The Morgan fingerprint density at radius 1 is 0.878 bits per heavy atom. The first-order valence-corrected chi connectivity index (χ1v) is 15.3. The van der Waals surface area contributed by atoms with Gasteiger partial charge in [-0.15, -0.1) is 11.3 Å². The van der Waals surface area contributed by atoms with Gasteiger partial charge in [0.2, 0.25) is 0 Å². The lowest BCUT2D eigenvalue weighted by Gasteiger charge is -2.33. The van der Waals surface area contributed by atoms with E-state index in [-0.39, 0.29) is 0 Å². The highest BCUT2D eigenvalue weighted by Gasteiger charge is 2.24. The van der Waals surface area contributed by atoms with Gasteiger partial charge in [0.25, 0.3) is 0 Å². The minimum Gasteiger partial charge on any atom is -0.380 e. The fraction of sp³-hybridized carbons (Fsp3) is 0.375. The lowest BCUT2D eigenvalue weighted by atomic mass is 9.97. The van der Waals surface area contributed by atoms with Gasteiger partial charge in [0, 0.05) is 61.9 Å². The Labute approximate surface area is 245 Å². The van der Waals surface area contributed by atoms with Crippen molar-refractivity contribution in [2.45, 2.75) is 12.8 Å². The minimum absolute atomic E-state index is 0.634. The smallest absolute Gasteiger partial charge is 0.141 e. The predicted molar refractivity (Wildman–Crippen MR) is 165 cm³/mol. The fourth-order valence-electron chi connectivity index (χ4n) is 5.43. The molecule has 5 aromatic rings. The van der Waals surface area contributed by atoms with Crippen molar-refractivity contribution in [2.24, 2.45) is 5.92 Å². The Morgan fingerprint density at radius 3 is 2.51 bits per heavy atom. The Morgan fingerprint density at radius 2 is 1.68 bits per heavy atom. The standard InChI is InChI=1S/C24H30N4O2S.C8H6N2/c1-2-4-20(5-3-1)21-17-31-24-22(21)23(25-18-26-24)28-8-6-19(7-9-28)16-30-15-12-27-10-13-29-14-11-27;1-2-4-8-7(3-1)5-9-6-10-8/h1-5,17-19H,6-16H2;1-6H. The fourth-order valence-corrected chi connectivity index (χ4v) is 6.34. The second kappa shape index (κ2) is 13.9. The molecule has 0 amide bonds. The van der Waals surface area contributed by atoms with E-state index in [2.05, 4.69) is 60.5 Å². The Hall–Kier alpha value is -3.50. The first kappa shape index (κ1) is 27.7. The van der Waals surface area contributed by atoms with Gasteiger partial charge in [-0.25, -0.2) is 19.9 Å². The molecule has 2 aliphatic rings. The lowest BCUT2D eigenvalue weighted by molar-refractivity contribution is 0.0144. The number of rotatable bonds is 7. The molecule has 3 aromatic heterocycles. The summed E-state index contributed by atoms with van der Waals surface area (Å²) >= 11 is 1.70. The summed E-state index contributed by atoms with van der Waals surface area (Å²) in [6.07, 6.45) is 7.37. The molecule has 2 fully saturated rings. The Kier molecular flexibility index (Phi) is 9.39. The van der Waals surface area contributed by atoms with E-state index in [0.717, 1.165) is 93.5 Å². The van der Waals surface area contributed by atoms with Crippen LogP contribution in [-0.4, -0.2) is 84.0 Å². The van der Waals surface area contributed by atoms with Crippen molar-refractivity contribution in [1.29, 1.82) is 0 Å². The van der Waals surface area contributed by atoms with Crippen molar-refractivity contribution in [3.8, 4) is 11.1 Å². The van der Waals surface area contributed by atoms with Crippen LogP contribution in [0.4, 0.5) is 5.82 Å². The number of thiophene rings is 1. The lowest BCUT2D eigenvalue weighted by Crippen LogP contribution is -2.39. The number of benzene rings is 2. The van der Waals surface area contributed by atoms with Crippen molar-refractivity contribution in [1.82, 2.24) is 24.8 Å². The molecule has 5 heterocycles. The van der Waals surface area contributed by atoms with Gasteiger partial charge < -0.3 is 14.4 Å². The summed E-state index contributed by atoms with van der Waals surface area (Å²) in [5.74, 6) is 1.71. The average molecular weight is 569 g/mol. The molecule has 0 spiro atoms. The number of piperidine rings is 1. The largest absolute Gasteiger partial charge is 0.380 e. The summed E-state index contributed by atoms with van der Waals surface area (Å²) in [6.45, 7) is 8.51. The number of anilines is 1. The maximum Gasteiger partial charge on any atom is 0.141 e. The summed E-state index contributed by atoms with van der Waals surface area (Å²) in [5, 5.41) is 4.50. The van der Waals surface area contributed by atoms with Gasteiger partial charge in [-0.05, 0) is 30.4 Å². The van der Waals surface area contributed by atoms with Crippen molar-refractivity contribution in [3.05, 3.63) is 78.8 Å². The second-order valence-corrected chi connectivity index (χ2v) is 11.3. The van der Waals surface area contributed by atoms with Gasteiger partial charge >= 0.3 is 0 Å². The van der Waals surface area contributed by atoms with E-state index in [1.165, 1.54) is 16.5 Å². The maximum atomic E-state index is 6.03. The van der Waals surface area contributed by atoms with Gasteiger partial charge in [0.1, 0.15) is 23.3 Å². The third kappa shape index (κ3) is 7.05. The van der Waals surface area contributed by atoms with Crippen LogP contribution < -0.4 is 4.90 Å². The molecule has 0 bridgehead atoms. The van der Waals surface area contributed by atoms with Crippen LogP contribution in [0.25, 0.3) is 32.2 Å². The van der Waals surface area contributed by atoms with Crippen molar-refractivity contribution in [2.75, 3.05) is 64.1 Å². The van der Waals surface area contributed by atoms with Gasteiger partial charge in [0.05, 0.1) is 30.7 Å². The molecule has 9 heteroatoms. The highest BCUT2D eigenvalue weighted by atomic mass is 32.1. The summed E-state index contributed by atoms with van der Waals surface area (Å²) in [5.41, 5.74) is 3.47. The van der Waals surface area contributed by atoms with E-state index in [0.29, 0.717) is 5.92 Å². The molecule has 0 N–H and O–H groups in total. The molecular weight excluding hydrogens is 532 g/mol. The van der Waals surface area contributed by atoms with Crippen LogP contribution in [0, 0.1) is 5.92 Å². The topological polar surface area (TPSA) is 76.5 Å². The quantitative estimate of drug-likeness (QED) is 0.237. The zero-order valence-corrected chi connectivity index (χ0v) is 24.1. The van der Waals surface area contributed by atoms with Crippen LogP contribution in [-0.2, 0) is 9.47 Å². The highest BCUT2D eigenvalue weighted by Crippen LogP contribution is 2.38. The minimum atomic E-state index is 0.634. The Bertz CT molecular complexity index is 1450. The second-order valence-electron chi connectivity index (χ2n) is 10.4. The van der Waals surface area contributed by atoms with Gasteiger partial charge in [-0.1, -0.05) is 48.5 Å². The molecule has 7 rings (SSSR count). The molecule has 41 heavy (non-hydrogen) atoms. The number of aromatic nitrogens is 4. The summed E-state index contributed by atoms with van der Waals surface area (Å²) < 4.78 is 11.4. The van der Waals surface area contributed by atoms with Gasteiger partial charge in [-0.2, -0.15) is 0 Å². The van der Waals surface area contributed by atoms with Crippen molar-refractivity contribution >= 4 is 38.3 Å². The molecule has 0 atom stereocenters. The van der Waals surface area contributed by atoms with Gasteiger partial charge in [0.15, 0.2) is 0 Å². The first-order chi connectivity index (χ1) is 20.3. The van der Waals surface area contributed by atoms with Crippen molar-refractivity contribution in [3.63, 3.8) is 0 Å². The van der Waals surface area contributed by atoms with E-state index in [4.69, 9.17) is 14.5 Å². The highest BCUT2D eigenvalue weighted by molar-refractivity contribution is 7.17. The first-order valence-electron chi connectivity index (χ1n) is 14.4. The third-order valence-electron chi connectivity index (χ3n) is 7.77. The molecule has 0 aliphatic carbocycles. The molecule has 2 aliphatic heterocycles. The third-order valence-corrected chi connectivity index (χ3v) is 8.66. The number of para-hydroxylation sites is 1. The molecule has 0 radical (unpaired) electrons. The molecule has 0 saturated carbocycles. The number of hydrogen-bond acceptors (Lipinski definition) is 9. The molecule has 2 aromatic carbocycles. The van der Waals surface area contributed by atoms with Crippen LogP contribution in [0.5, 0.6) is 0 Å². The van der Waals surface area contributed by atoms with Crippen LogP contribution in [0.3, 0.4) is 0 Å². The number of nitrogens with zero attached hydrogens (tertiary/aromatic N) is 6. The molecular formula is C32H36N6O2S.